The summed E-state index contributed by atoms with van der Waals surface area (Å²) in [5.41, 5.74) is 25.0. The molecule has 8 aromatic rings. The van der Waals surface area contributed by atoms with Crippen molar-refractivity contribution in [2.75, 3.05) is 14.7 Å². The van der Waals surface area contributed by atoms with Crippen LogP contribution in [-0.4, -0.2) is 6.71 Å². The minimum Gasteiger partial charge on any atom is -0.440 e. The minimum atomic E-state index is -0.107. The van der Waals surface area contributed by atoms with Crippen molar-refractivity contribution < 1.29 is 4.42 Å². The first-order valence-corrected chi connectivity index (χ1v) is 29.2. The highest BCUT2D eigenvalue weighted by molar-refractivity contribution is 7.01. The van der Waals surface area contributed by atoms with Crippen LogP contribution >= 0.6 is 0 Å². The Balaban J connectivity index is 1.15. The lowest BCUT2D eigenvalue weighted by Gasteiger charge is -2.52. The molecule has 1 fully saturated rings. The number of fused-ring (bicyclic) bond motifs is 10. The Labute approximate surface area is 460 Å². The van der Waals surface area contributed by atoms with Gasteiger partial charge in [-0.2, -0.15) is 0 Å². The van der Waals surface area contributed by atoms with Gasteiger partial charge in [0.25, 0.3) is 6.71 Å². The van der Waals surface area contributed by atoms with Crippen LogP contribution in [-0.2, 0) is 37.9 Å². The summed E-state index contributed by atoms with van der Waals surface area (Å²) in [4.78, 5) is 7.71. The summed E-state index contributed by atoms with van der Waals surface area (Å²) in [6, 6.07) is 54.6. The number of hydrogen-bond donors (Lipinski definition) is 0. The van der Waals surface area contributed by atoms with Crippen molar-refractivity contribution in [3.8, 4) is 0 Å². The number of benzene rings is 7. The molecule has 0 radical (unpaired) electrons. The van der Waals surface area contributed by atoms with Gasteiger partial charge < -0.3 is 14.2 Å². The second kappa shape index (κ2) is 16.1. The van der Waals surface area contributed by atoms with E-state index in [0.717, 1.165) is 59.2 Å². The van der Waals surface area contributed by atoms with E-state index in [9.17, 15) is 0 Å². The van der Waals surface area contributed by atoms with Crippen LogP contribution < -0.4 is 31.1 Å². The molecule has 0 spiro atoms. The van der Waals surface area contributed by atoms with Crippen LogP contribution in [0.3, 0.4) is 0 Å². The molecule has 7 aromatic carbocycles. The van der Waals surface area contributed by atoms with Gasteiger partial charge in [0.15, 0.2) is 0 Å². The van der Waals surface area contributed by atoms with Crippen LogP contribution in [0.25, 0.3) is 11.0 Å². The normalized spacial score (nSPS) is 22.6. The fraction of sp³-hybridized carbons (Fsp3) is 0.389. The van der Waals surface area contributed by atoms with Crippen LogP contribution in [0.1, 0.15) is 180 Å². The van der Waals surface area contributed by atoms with Gasteiger partial charge in [-0.05, 0) is 218 Å². The first-order valence-electron chi connectivity index (χ1n) is 29.2. The number of hydrogen-bond acceptors (Lipinski definition) is 4. The molecule has 77 heavy (non-hydrogen) atoms. The lowest BCUT2D eigenvalue weighted by Crippen LogP contribution is -2.61. The lowest BCUT2D eigenvalue weighted by atomic mass is 9.33. The predicted molar refractivity (Wildman–Crippen MR) is 327 cm³/mol. The second-order valence-electron chi connectivity index (χ2n) is 28.9. The highest BCUT2D eigenvalue weighted by Gasteiger charge is 2.52. The Morgan fingerprint density at radius 3 is 1.48 bits per heavy atom. The molecule has 0 unspecified atom stereocenters. The fourth-order valence-electron chi connectivity index (χ4n) is 15.6. The van der Waals surface area contributed by atoms with Crippen molar-refractivity contribution >= 4 is 85.5 Å². The van der Waals surface area contributed by atoms with Gasteiger partial charge in [0, 0.05) is 50.7 Å². The number of para-hydroxylation sites is 2. The van der Waals surface area contributed by atoms with Gasteiger partial charge in [-0.15, -0.1) is 0 Å². The molecule has 5 aliphatic carbocycles. The fourth-order valence-corrected chi connectivity index (χ4v) is 15.6. The Kier molecular flexibility index (Phi) is 10.2. The molecule has 2 aliphatic heterocycles. The molecule has 390 valence electrons. The zero-order valence-electron chi connectivity index (χ0n) is 48.3. The van der Waals surface area contributed by atoms with Gasteiger partial charge in [-0.25, -0.2) is 0 Å². The van der Waals surface area contributed by atoms with Gasteiger partial charge >= 0.3 is 0 Å². The topological polar surface area (TPSA) is 22.9 Å². The van der Waals surface area contributed by atoms with Crippen LogP contribution in [0.2, 0.25) is 0 Å². The van der Waals surface area contributed by atoms with Crippen molar-refractivity contribution in [2.24, 2.45) is 0 Å². The zero-order chi connectivity index (χ0) is 53.6. The maximum absolute atomic E-state index is 7.75. The Morgan fingerprint density at radius 1 is 0.429 bits per heavy atom. The van der Waals surface area contributed by atoms with Gasteiger partial charge in [-0.3, -0.25) is 4.90 Å². The first kappa shape index (κ1) is 48.9. The van der Waals surface area contributed by atoms with Crippen LogP contribution in [0.5, 0.6) is 0 Å². The van der Waals surface area contributed by atoms with Crippen molar-refractivity contribution in [1.82, 2.24) is 0 Å². The molecular formula is C72H78BN3O. The van der Waals surface area contributed by atoms with Crippen LogP contribution in [0.4, 0.5) is 51.4 Å². The first-order chi connectivity index (χ1) is 36.5. The van der Waals surface area contributed by atoms with Crippen molar-refractivity contribution in [2.45, 2.75) is 179 Å². The Hall–Kier alpha value is -6.46. The number of rotatable bonds is 5. The molecule has 15 rings (SSSR count). The van der Waals surface area contributed by atoms with E-state index >= 15 is 0 Å². The lowest BCUT2D eigenvalue weighted by molar-refractivity contribution is 0.188. The van der Waals surface area contributed by atoms with E-state index in [0.29, 0.717) is 0 Å². The van der Waals surface area contributed by atoms with E-state index < -0.39 is 0 Å². The average Bonchev–Trinajstić information content (AvgIpc) is 4.06. The smallest absolute Gasteiger partial charge is 0.257 e. The van der Waals surface area contributed by atoms with Gasteiger partial charge in [0.1, 0.15) is 5.58 Å². The van der Waals surface area contributed by atoms with E-state index in [1.807, 2.05) is 0 Å². The molecule has 0 atom stereocenters. The van der Waals surface area contributed by atoms with Gasteiger partial charge in [0.2, 0.25) is 5.88 Å². The summed E-state index contributed by atoms with van der Waals surface area (Å²) in [5, 5.41) is 1.27. The Bertz CT molecular complexity index is 3690. The maximum Gasteiger partial charge on any atom is 0.257 e. The van der Waals surface area contributed by atoms with Crippen LogP contribution in [0.15, 0.2) is 144 Å². The van der Waals surface area contributed by atoms with Crippen molar-refractivity contribution in [1.29, 1.82) is 0 Å². The molecule has 4 nitrogen and oxygen atoms in total. The van der Waals surface area contributed by atoms with E-state index in [4.69, 9.17) is 4.42 Å². The molecule has 2 bridgehead atoms. The predicted octanol–water partition coefficient (Wildman–Crippen LogP) is 18.1. The summed E-state index contributed by atoms with van der Waals surface area (Å²) in [5.74, 6) is 0.939. The highest BCUT2D eigenvalue weighted by atomic mass is 16.4. The third-order valence-electron chi connectivity index (χ3n) is 20.9. The van der Waals surface area contributed by atoms with E-state index in [1.54, 1.807) is 5.56 Å². The summed E-state index contributed by atoms with van der Waals surface area (Å²) in [7, 11) is 0. The summed E-state index contributed by atoms with van der Waals surface area (Å²) in [6.45, 7) is 31.8. The minimum absolute atomic E-state index is 0.00185. The van der Waals surface area contributed by atoms with Gasteiger partial charge in [0.05, 0.1) is 5.69 Å². The summed E-state index contributed by atoms with van der Waals surface area (Å²) in [6.07, 6.45) is 9.55. The molecule has 5 heteroatoms. The molecule has 7 aliphatic rings. The van der Waals surface area contributed by atoms with E-state index in [-0.39, 0.29) is 44.6 Å². The van der Waals surface area contributed by atoms with E-state index in [2.05, 4.69) is 244 Å². The van der Waals surface area contributed by atoms with Gasteiger partial charge in [-0.1, -0.05) is 151 Å². The molecule has 0 N–H and O–H groups in total. The number of nitrogens with zero attached hydrogens (tertiary/aromatic N) is 3. The SMILES string of the molecule is CC(C)(C)c1ccc(N2c3cc(N(c4ccccc4)c4ccccc4)cc4c3B(c3cc5c(cc3N4c3ccc4c(c3)C(C)(C)CCC4(C)C)C(C)(C)CCC5(C)C)c3c2oc2cc4c(cc32)C2(C)CCC4(C)CC2)cc1. The largest absolute Gasteiger partial charge is 0.440 e. The third-order valence-corrected chi connectivity index (χ3v) is 20.9. The maximum atomic E-state index is 7.75. The summed E-state index contributed by atoms with van der Waals surface area (Å²) >= 11 is 0. The number of furan rings is 1. The van der Waals surface area contributed by atoms with Crippen LogP contribution in [0, 0.1) is 0 Å². The second-order valence-corrected chi connectivity index (χ2v) is 28.9. The average molecular weight is 1010 g/mol. The molecular weight excluding hydrogens is 934 g/mol. The quantitative estimate of drug-likeness (QED) is 0.160. The zero-order valence-corrected chi connectivity index (χ0v) is 48.3. The standard InChI is InChI=1S/C72H78BN3O/c1-66(2,3)45-24-26-48(27-25-45)76-61-40-50(74(46-20-16-14-17-21-46)47-22-18-15-19-23-47)39-60-64(61)73(63-51-41-56-57(44-62(51)77-65(63)76)72(13)36-34-71(56,12)35-37-72)58-42-54-55(70(10,11)33-32-69(54,8)9)43-59(58)75(60)49-28-29-52-53(38-49)68(6,7)31-30-67(52,4)5/h14-29,38-44H,30-37H2,1-13H3. The highest BCUT2D eigenvalue weighted by Crippen LogP contribution is 2.59. The van der Waals surface area contributed by atoms with Crippen molar-refractivity contribution in [3.63, 3.8) is 0 Å². The monoisotopic (exact) mass is 1010 g/mol. The molecule has 3 heterocycles. The molecule has 0 saturated heterocycles. The van der Waals surface area contributed by atoms with E-state index in [1.165, 1.54) is 104 Å². The molecule has 0 amide bonds. The van der Waals surface area contributed by atoms with Crippen molar-refractivity contribution in [3.05, 3.63) is 178 Å². The summed E-state index contributed by atoms with van der Waals surface area (Å²) < 4.78 is 7.75. The number of anilines is 9. The Morgan fingerprint density at radius 2 is 0.922 bits per heavy atom. The molecule has 1 aromatic heterocycles. The third kappa shape index (κ3) is 7.16. The molecule has 1 saturated carbocycles.